The van der Waals surface area contributed by atoms with Crippen molar-refractivity contribution >= 4 is 6.09 Å². The largest absolute Gasteiger partial charge is 0.444 e. The van der Waals surface area contributed by atoms with Crippen molar-refractivity contribution in [1.82, 2.24) is 14.9 Å². The lowest BCUT2D eigenvalue weighted by molar-refractivity contribution is 0.0528. The minimum Gasteiger partial charge on any atom is -0.444 e. The number of carbonyl (C=O) groups excluding carboxylic acids is 1. The van der Waals surface area contributed by atoms with Crippen molar-refractivity contribution < 1.29 is 9.53 Å². The molecule has 5 nitrogen and oxygen atoms in total. The smallest absolute Gasteiger partial charge is 0.407 e. The van der Waals surface area contributed by atoms with Crippen LogP contribution in [-0.2, 0) is 11.2 Å². The van der Waals surface area contributed by atoms with Gasteiger partial charge in [-0.1, -0.05) is 6.92 Å². The summed E-state index contributed by atoms with van der Waals surface area (Å²) in [4.78, 5) is 15.7. The average Bonchev–Trinajstić information content (AvgIpc) is 2.82. The fraction of sp³-hybridized carbons (Fsp3) is 0.714. The first-order valence-electron chi connectivity index (χ1n) is 6.84. The molecule has 0 aliphatic heterocycles. The minimum atomic E-state index is -0.449. The van der Waals surface area contributed by atoms with Crippen molar-refractivity contribution in [3.05, 3.63) is 18.2 Å². The van der Waals surface area contributed by atoms with Crippen molar-refractivity contribution in [2.75, 3.05) is 6.54 Å². The average molecular weight is 265 g/mol. The topological polar surface area (TPSA) is 56.2 Å². The van der Waals surface area contributed by atoms with Gasteiger partial charge in [0.25, 0.3) is 0 Å². The second-order valence-electron chi connectivity index (χ2n) is 6.25. The molecule has 0 spiro atoms. The van der Waals surface area contributed by atoms with Crippen LogP contribution in [0.2, 0.25) is 0 Å². The number of carbonyl (C=O) groups is 1. The predicted octanol–water partition coefficient (Wildman–Crippen LogP) is 2.53. The Labute approximate surface area is 114 Å². The monoisotopic (exact) mass is 265 g/mol. The Kier molecular flexibility index (Phi) is 3.83. The molecule has 2 unspecified atom stereocenters. The number of hydrogen-bond donors (Lipinski definition) is 1. The quantitative estimate of drug-likeness (QED) is 0.910. The highest BCUT2D eigenvalue weighted by atomic mass is 16.6. The second-order valence-corrected chi connectivity index (χ2v) is 6.25. The molecule has 106 valence electrons. The number of amides is 1. The molecule has 1 aliphatic carbocycles. The number of aromatic nitrogens is 2. The molecule has 0 aromatic carbocycles. The highest BCUT2D eigenvalue weighted by molar-refractivity contribution is 5.67. The summed E-state index contributed by atoms with van der Waals surface area (Å²) in [5.41, 5.74) is 0.723. The molecular formula is C14H23N3O2. The van der Waals surface area contributed by atoms with Crippen LogP contribution in [0.4, 0.5) is 4.79 Å². The minimum absolute atomic E-state index is 0.363. The summed E-state index contributed by atoms with van der Waals surface area (Å²) in [7, 11) is 0. The number of rotatable bonds is 4. The number of imidazole rings is 1. The molecule has 1 aromatic heterocycles. The molecule has 5 heteroatoms. The maximum absolute atomic E-state index is 11.5. The second kappa shape index (κ2) is 5.23. The SMILES string of the molecule is CC1CC1n1cncc1CCNC(=O)OC(C)(C)C. The molecule has 1 amide bonds. The molecule has 1 fully saturated rings. The normalized spacial score (nSPS) is 22.1. The lowest BCUT2D eigenvalue weighted by atomic mass is 10.2. The standard InChI is InChI=1S/C14H23N3O2/c1-10-7-12(10)17-9-15-8-11(17)5-6-16-13(18)19-14(2,3)4/h8-10,12H,5-7H2,1-4H3,(H,16,18). The lowest BCUT2D eigenvalue weighted by Crippen LogP contribution is -2.33. The van der Waals surface area contributed by atoms with Gasteiger partial charge in [-0.25, -0.2) is 9.78 Å². The number of nitrogens with zero attached hydrogens (tertiary/aromatic N) is 2. The molecule has 19 heavy (non-hydrogen) atoms. The number of alkyl carbamates (subject to hydrolysis) is 1. The molecule has 2 rings (SSSR count). The van der Waals surface area contributed by atoms with Crippen LogP contribution in [0.3, 0.4) is 0 Å². The Morgan fingerprint density at radius 1 is 1.58 bits per heavy atom. The Morgan fingerprint density at radius 3 is 2.84 bits per heavy atom. The Bertz CT molecular complexity index is 448. The fourth-order valence-electron chi connectivity index (χ4n) is 2.12. The van der Waals surface area contributed by atoms with E-state index in [0.717, 1.165) is 12.3 Å². The van der Waals surface area contributed by atoms with Gasteiger partial charge in [0.2, 0.25) is 0 Å². The Hall–Kier alpha value is -1.52. The van der Waals surface area contributed by atoms with Crippen LogP contribution >= 0.6 is 0 Å². The van der Waals surface area contributed by atoms with Gasteiger partial charge in [-0.05, 0) is 33.1 Å². The highest BCUT2D eigenvalue weighted by Crippen LogP contribution is 2.43. The van der Waals surface area contributed by atoms with E-state index in [0.29, 0.717) is 12.6 Å². The van der Waals surface area contributed by atoms with Gasteiger partial charge in [0.15, 0.2) is 0 Å². The van der Waals surface area contributed by atoms with E-state index in [9.17, 15) is 4.79 Å². The third kappa shape index (κ3) is 3.98. The molecule has 1 aliphatic rings. The molecule has 0 radical (unpaired) electrons. The molecule has 0 saturated heterocycles. The van der Waals surface area contributed by atoms with Crippen molar-refractivity contribution in [1.29, 1.82) is 0 Å². The molecule has 1 aromatic rings. The summed E-state index contributed by atoms with van der Waals surface area (Å²) in [6.07, 6.45) is 5.41. The number of ether oxygens (including phenoxy) is 1. The van der Waals surface area contributed by atoms with Gasteiger partial charge in [-0.15, -0.1) is 0 Å². The van der Waals surface area contributed by atoms with Crippen LogP contribution in [0.25, 0.3) is 0 Å². The summed E-state index contributed by atoms with van der Waals surface area (Å²) in [5.74, 6) is 0.742. The van der Waals surface area contributed by atoms with E-state index in [4.69, 9.17) is 4.74 Å². The molecular weight excluding hydrogens is 242 g/mol. The van der Waals surface area contributed by atoms with Gasteiger partial charge < -0.3 is 14.6 Å². The van der Waals surface area contributed by atoms with Gasteiger partial charge in [-0.2, -0.15) is 0 Å². The molecule has 1 heterocycles. The van der Waals surface area contributed by atoms with E-state index in [1.807, 2.05) is 33.3 Å². The molecule has 0 bridgehead atoms. The van der Waals surface area contributed by atoms with Crippen molar-refractivity contribution in [2.45, 2.75) is 52.2 Å². The van der Waals surface area contributed by atoms with E-state index in [1.165, 1.54) is 12.1 Å². The highest BCUT2D eigenvalue weighted by Gasteiger charge is 2.35. The van der Waals surface area contributed by atoms with Gasteiger partial charge in [0.05, 0.1) is 6.33 Å². The van der Waals surface area contributed by atoms with E-state index in [2.05, 4.69) is 21.8 Å². The van der Waals surface area contributed by atoms with Crippen LogP contribution in [0.5, 0.6) is 0 Å². The van der Waals surface area contributed by atoms with Crippen LogP contribution in [0.15, 0.2) is 12.5 Å². The van der Waals surface area contributed by atoms with Crippen molar-refractivity contribution in [3.63, 3.8) is 0 Å². The summed E-state index contributed by atoms with van der Waals surface area (Å²) in [6.45, 7) is 8.39. The summed E-state index contributed by atoms with van der Waals surface area (Å²) in [5, 5.41) is 2.77. The summed E-state index contributed by atoms with van der Waals surface area (Å²) in [6, 6.07) is 0.596. The van der Waals surface area contributed by atoms with Crippen LogP contribution in [0.1, 0.15) is 45.9 Å². The van der Waals surface area contributed by atoms with Gasteiger partial charge in [-0.3, -0.25) is 0 Å². The lowest BCUT2D eigenvalue weighted by Gasteiger charge is -2.19. The summed E-state index contributed by atoms with van der Waals surface area (Å²) < 4.78 is 7.42. The predicted molar refractivity (Wildman–Crippen MR) is 73.0 cm³/mol. The van der Waals surface area contributed by atoms with Crippen LogP contribution < -0.4 is 5.32 Å². The zero-order valence-electron chi connectivity index (χ0n) is 12.1. The first-order valence-corrected chi connectivity index (χ1v) is 6.84. The zero-order chi connectivity index (χ0) is 14.0. The third-order valence-electron chi connectivity index (χ3n) is 3.22. The van der Waals surface area contributed by atoms with Crippen LogP contribution in [0, 0.1) is 5.92 Å². The Morgan fingerprint density at radius 2 is 2.26 bits per heavy atom. The maximum Gasteiger partial charge on any atom is 0.407 e. The molecule has 1 N–H and O–H groups in total. The van der Waals surface area contributed by atoms with Gasteiger partial charge >= 0.3 is 6.09 Å². The molecule has 2 atom stereocenters. The van der Waals surface area contributed by atoms with E-state index >= 15 is 0 Å². The third-order valence-corrected chi connectivity index (χ3v) is 3.22. The van der Waals surface area contributed by atoms with E-state index in [-0.39, 0.29) is 6.09 Å². The Balaban J connectivity index is 1.77. The van der Waals surface area contributed by atoms with Gasteiger partial charge in [0, 0.05) is 30.9 Å². The fourth-order valence-corrected chi connectivity index (χ4v) is 2.12. The first-order chi connectivity index (χ1) is 8.87. The van der Waals surface area contributed by atoms with E-state index in [1.54, 1.807) is 0 Å². The maximum atomic E-state index is 11.5. The number of nitrogens with one attached hydrogen (secondary N) is 1. The summed E-state index contributed by atoms with van der Waals surface area (Å²) >= 11 is 0. The molecule has 1 saturated carbocycles. The number of hydrogen-bond acceptors (Lipinski definition) is 3. The zero-order valence-corrected chi connectivity index (χ0v) is 12.1. The van der Waals surface area contributed by atoms with Crippen LogP contribution in [-0.4, -0.2) is 27.8 Å². The van der Waals surface area contributed by atoms with Crippen molar-refractivity contribution in [2.24, 2.45) is 5.92 Å². The van der Waals surface area contributed by atoms with Crippen molar-refractivity contribution in [3.8, 4) is 0 Å². The first kappa shape index (κ1) is 13.9. The van der Waals surface area contributed by atoms with Gasteiger partial charge in [0.1, 0.15) is 5.60 Å². The van der Waals surface area contributed by atoms with E-state index < -0.39 is 5.60 Å².